The molecular weight excluding hydrogens is 224 g/mol. The van der Waals surface area contributed by atoms with Gasteiger partial charge in [0.1, 0.15) is 0 Å². The molecule has 1 fully saturated rings. The molecule has 0 heterocycles. The Bertz CT molecular complexity index is 441. The van der Waals surface area contributed by atoms with Crippen LogP contribution in [0.3, 0.4) is 0 Å². The quantitative estimate of drug-likeness (QED) is 0.800. The van der Waals surface area contributed by atoms with Crippen LogP contribution in [0.1, 0.15) is 35.2 Å². The van der Waals surface area contributed by atoms with Gasteiger partial charge in [-0.15, -0.1) is 0 Å². The Balaban J connectivity index is 2.00. The van der Waals surface area contributed by atoms with Gasteiger partial charge in [-0.05, 0) is 31.4 Å². The van der Waals surface area contributed by atoms with Crippen LogP contribution in [-0.4, -0.2) is 18.4 Å². The SMILES string of the molecule is Cc1ccc(C(=O)CCNC2CC2)c(F)c1F. The number of ketones is 1. The van der Waals surface area contributed by atoms with Crippen molar-refractivity contribution < 1.29 is 13.6 Å². The van der Waals surface area contributed by atoms with E-state index in [0.29, 0.717) is 12.6 Å². The molecule has 0 saturated heterocycles. The maximum atomic E-state index is 13.5. The predicted octanol–water partition coefficient (Wildman–Crippen LogP) is 2.60. The summed E-state index contributed by atoms with van der Waals surface area (Å²) in [4.78, 5) is 11.7. The molecule has 0 bridgehead atoms. The highest BCUT2D eigenvalue weighted by molar-refractivity contribution is 5.96. The predicted molar refractivity (Wildman–Crippen MR) is 61.1 cm³/mol. The second-order valence-corrected chi connectivity index (χ2v) is 4.46. The molecule has 1 aromatic carbocycles. The van der Waals surface area contributed by atoms with Crippen molar-refractivity contribution in [3.05, 3.63) is 34.9 Å². The fraction of sp³-hybridized carbons (Fsp3) is 0.462. The van der Waals surface area contributed by atoms with Crippen LogP contribution in [0.2, 0.25) is 0 Å². The van der Waals surface area contributed by atoms with Crippen LogP contribution in [0.5, 0.6) is 0 Å². The summed E-state index contributed by atoms with van der Waals surface area (Å²) < 4.78 is 26.8. The summed E-state index contributed by atoms with van der Waals surface area (Å²) in [6.45, 7) is 2.00. The van der Waals surface area contributed by atoms with Gasteiger partial charge >= 0.3 is 0 Å². The second kappa shape index (κ2) is 4.92. The van der Waals surface area contributed by atoms with Crippen molar-refractivity contribution in [3.8, 4) is 0 Å². The summed E-state index contributed by atoms with van der Waals surface area (Å²) in [5.74, 6) is -2.30. The van der Waals surface area contributed by atoms with E-state index in [1.54, 1.807) is 0 Å². The van der Waals surface area contributed by atoms with Gasteiger partial charge in [0.15, 0.2) is 17.4 Å². The van der Waals surface area contributed by atoms with E-state index in [9.17, 15) is 13.6 Å². The van der Waals surface area contributed by atoms with Crippen molar-refractivity contribution in [3.63, 3.8) is 0 Å². The number of carbonyl (C=O) groups is 1. The van der Waals surface area contributed by atoms with E-state index in [-0.39, 0.29) is 23.3 Å². The number of benzene rings is 1. The number of aryl methyl sites for hydroxylation is 1. The van der Waals surface area contributed by atoms with Gasteiger partial charge in [-0.25, -0.2) is 8.78 Å². The minimum Gasteiger partial charge on any atom is -0.314 e. The fourth-order valence-electron chi connectivity index (χ4n) is 1.67. The molecule has 0 amide bonds. The normalized spacial score (nSPS) is 15.0. The summed E-state index contributed by atoms with van der Waals surface area (Å²) >= 11 is 0. The summed E-state index contributed by atoms with van der Waals surface area (Å²) in [6, 6.07) is 3.30. The summed E-state index contributed by atoms with van der Waals surface area (Å²) in [6.07, 6.45) is 2.49. The Hall–Kier alpha value is -1.29. The minimum atomic E-state index is -1.03. The van der Waals surface area contributed by atoms with E-state index in [1.165, 1.54) is 19.1 Å². The van der Waals surface area contributed by atoms with Crippen molar-refractivity contribution in [1.82, 2.24) is 5.32 Å². The molecule has 1 aliphatic rings. The zero-order chi connectivity index (χ0) is 12.4. The van der Waals surface area contributed by atoms with Crippen LogP contribution in [0.15, 0.2) is 12.1 Å². The third-order valence-corrected chi connectivity index (χ3v) is 2.94. The third kappa shape index (κ3) is 2.88. The van der Waals surface area contributed by atoms with E-state index >= 15 is 0 Å². The van der Waals surface area contributed by atoms with Gasteiger partial charge in [0, 0.05) is 19.0 Å². The molecule has 1 saturated carbocycles. The van der Waals surface area contributed by atoms with Crippen LogP contribution in [0.25, 0.3) is 0 Å². The van der Waals surface area contributed by atoms with Crippen molar-refractivity contribution in [2.75, 3.05) is 6.54 Å². The van der Waals surface area contributed by atoms with Gasteiger partial charge < -0.3 is 5.32 Å². The summed E-state index contributed by atoms with van der Waals surface area (Å²) in [7, 11) is 0. The lowest BCUT2D eigenvalue weighted by atomic mass is 10.0. The molecule has 2 rings (SSSR count). The van der Waals surface area contributed by atoms with Crippen molar-refractivity contribution in [1.29, 1.82) is 0 Å². The average molecular weight is 239 g/mol. The Morgan fingerprint density at radius 1 is 1.35 bits per heavy atom. The monoisotopic (exact) mass is 239 g/mol. The topological polar surface area (TPSA) is 29.1 Å². The number of hydrogen-bond donors (Lipinski definition) is 1. The Labute approximate surface area is 99.0 Å². The van der Waals surface area contributed by atoms with Crippen LogP contribution >= 0.6 is 0 Å². The van der Waals surface area contributed by atoms with Crippen LogP contribution in [-0.2, 0) is 0 Å². The first-order valence-corrected chi connectivity index (χ1v) is 5.81. The Morgan fingerprint density at radius 2 is 2.06 bits per heavy atom. The molecule has 0 aromatic heterocycles. The maximum Gasteiger partial charge on any atom is 0.169 e. The first-order chi connectivity index (χ1) is 8.09. The maximum absolute atomic E-state index is 13.5. The smallest absolute Gasteiger partial charge is 0.169 e. The van der Waals surface area contributed by atoms with Gasteiger partial charge in [0.25, 0.3) is 0 Å². The molecule has 4 heteroatoms. The summed E-state index contributed by atoms with van der Waals surface area (Å²) in [5, 5.41) is 3.17. The lowest BCUT2D eigenvalue weighted by Gasteiger charge is -2.06. The number of hydrogen-bond acceptors (Lipinski definition) is 2. The standard InChI is InChI=1S/C13H15F2NO/c1-8-2-5-10(13(15)12(8)14)11(17)6-7-16-9-3-4-9/h2,5,9,16H,3-4,6-7H2,1H3. The molecule has 1 aliphatic carbocycles. The van der Waals surface area contributed by atoms with Crippen LogP contribution < -0.4 is 5.32 Å². The van der Waals surface area contributed by atoms with Gasteiger partial charge in [-0.2, -0.15) is 0 Å². The molecule has 0 spiro atoms. The average Bonchev–Trinajstić information content (AvgIpc) is 3.10. The number of halogens is 2. The van der Waals surface area contributed by atoms with Crippen molar-refractivity contribution >= 4 is 5.78 Å². The minimum absolute atomic E-state index is 0.148. The lowest BCUT2D eigenvalue weighted by molar-refractivity contribution is 0.0977. The second-order valence-electron chi connectivity index (χ2n) is 4.46. The van der Waals surface area contributed by atoms with Crippen LogP contribution in [0.4, 0.5) is 8.78 Å². The lowest BCUT2D eigenvalue weighted by Crippen LogP contribution is -2.20. The third-order valence-electron chi connectivity index (χ3n) is 2.94. The molecule has 2 nitrogen and oxygen atoms in total. The number of Topliss-reactive ketones (excluding diaryl/α,β-unsaturated/α-hetero) is 1. The van der Waals surface area contributed by atoms with Gasteiger partial charge in [-0.1, -0.05) is 6.07 Å². The highest BCUT2D eigenvalue weighted by Gasteiger charge is 2.21. The summed E-state index contributed by atoms with van der Waals surface area (Å²) in [5.41, 5.74) is 0.0702. The molecule has 17 heavy (non-hydrogen) atoms. The Kier molecular flexibility index (Phi) is 3.52. The fourth-order valence-corrected chi connectivity index (χ4v) is 1.67. The molecule has 0 aliphatic heterocycles. The highest BCUT2D eigenvalue weighted by atomic mass is 19.2. The van der Waals surface area contributed by atoms with E-state index < -0.39 is 11.6 Å². The molecule has 1 aromatic rings. The van der Waals surface area contributed by atoms with Crippen molar-refractivity contribution in [2.45, 2.75) is 32.2 Å². The van der Waals surface area contributed by atoms with E-state index in [1.807, 2.05) is 0 Å². The molecule has 0 atom stereocenters. The first-order valence-electron chi connectivity index (χ1n) is 5.81. The Morgan fingerprint density at radius 3 is 2.71 bits per heavy atom. The number of nitrogens with one attached hydrogen (secondary N) is 1. The first kappa shape index (κ1) is 12.2. The van der Waals surface area contributed by atoms with Gasteiger partial charge in [-0.3, -0.25) is 4.79 Å². The number of carbonyl (C=O) groups excluding carboxylic acids is 1. The van der Waals surface area contributed by atoms with E-state index in [4.69, 9.17) is 0 Å². The van der Waals surface area contributed by atoms with Gasteiger partial charge in [0.05, 0.1) is 5.56 Å². The van der Waals surface area contributed by atoms with Crippen molar-refractivity contribution in [2.24, 2.45) is 0 Å². The van der Waals surface area contributed by atoms with Crippen LogP contribution in [0, 0.1) is 18.6 Å². The number of rotatable bonds is 5. The molecular formula is C13H15F2NO. The van der Waals surface area contributed by atoms with E-state index in [0.717, 1.165) is 12.8 Å². The largest absolute Gasteiger partial charge is 0.314 e. The zero-order valence-electron chi connectivity index (χ0n) is 9.72. The molecule has 1 N–H and O–H groups in total. The van der Waals surface area contributed by atoms with Gasteiger partial charge in [0.2, 0.25) is 0 Å². The molecule has 92 valence electrons. The molecule has 0 radical (unpaired) electrons. The van der Waals surface area contributed by atoms with E-state index in [2.05, 4.69) is 5.32 Å². The zero-order valence-corrected chi connectivity index (χ0v) is 9.72. The molecule has 0 unspecified atom stereocenters. The highest BCUT2D eigenvalue weighted by Crippen LogP contribution is 2.19.